The molecule has 1 heterocycles. The van der Waals surface area contributed by atoms with Crippen LogP contribution in [0.15, 0.2) is 12.2 Å². The minimum absolute atomic E-state index is 0.110. The Hall–Kier alpha value is -1.07. The van der Waals surface area contributed by atoms with Gasteiger partial charge >= 0.3 is 5.97 Å². The molecule has 1 rings (SSSR count). The van der Waals surface area contributed by atoms with E-state index in [1.165, 1.54) is 148 Å². The van der Waals surface area contributed by atoms with Crippen molar-refractivity contribution in [2.24, 2.45) is 0 Å². The molecule has 0 aromatic rings. The molecule has 0 radical (unpaired) electrons. The predicted molar refractivity (Wildman–Crippen MR) is 215 cm³/mol. The van der Waals surface area contributed by atoms with Gasteiger partial charge in [0.15, 0.2) is 6.29 Å². The maximum atomic E-state index is 12.8. The molecule has 9 nitrogen and oxygen atoms in total. The Morgan fingerprint density at radius 2 is 1.04 bits per heavy atom. The topological polar surface area (TPSA) is 135 Å². The van der Waals surface area contributed by atoms with Gasteiger partial charge in [-0.25, -0.2) is 0 Å². The van der Waals surface area contributed by atoms with Crippen molar-refractivity contribution in [2.45, 2.75) is 237 Å². The van der Waals surface area contributed by atoms with Crippen molar-refractivity contribution in [3.05, 3.63) is 12.2 Å². The standard InChI is InChI=1S/C44H84O9/c1-3-5-7-9-11-13-15-17-18-19-20-21-23-25-27-29-31-33-40(46)52-38(37-51-44-43(49)42(48)41(47)39(35-45)53-44)36-50-34-32-30-28-26-24-22-16-14-12-10-8-6-4-2/h17-18,38-39,41-45,47-49H,3-16,19-37H2,1-2H3/b18-17-. The summed E-state index contributed by atoms with van der Waals surface area (Å²) >= 11 is 0. The highest BCUT2D eigenvalue weighted by Crippen LogP contribution is 2.22. The maximum absolute atomic E-state index is 12.8. The van der Waals surface area contributed by atoms with Crippen LogP contribution in [0.3, 0.4) is 0 Å². The van der Waals surface area contributed by atoms with Crippen molar-refractivity contribution >= 4 is 5.97 Å². The van der Waals surface area contributed by atoms with Crippen LogP contribution in [-0.2, 0) is 23.7 Å². The molecule has 0 amide bonds. The fourth-order valence-electron chi connectivity index (χ4n) is 6.90. The SMILES string of the molecule is CCCCCCCC/C=C\CCCCCCCCCC(=O)OC(COCCCCCCCCCCCCCCC)COC1OC(CO)C(O)C(O)C1O. The summed E-state index contributed by atoms with van der Waals surface area (Å²) in [6.45, 7) is 4.57. The van der Waals surface area contributed by atoms with Gasteiger partial charge in [-0.2, -0.15) is 0 Å². The van der Waals surface area contributed by atoms with Crippen molar-refractivity contribution < 1.29 is 44.2 Å². The number of aliphatic hydroxyl groups excluding tert-OH is 4. The summed E-state index contributed by atoms with van der Waals surface area (Å²) in [6.07, 6.45) is 32.3. The normalized spacial score (nSPS) is 21.1. The van der Waals surface area contributed by atoms with Crippen LogP contribution in [0.5, 0.6) is 0 Å². The Morgan fingerprint density at radius 1 is 0.585 bits per heavy atom. The highest BCUT2D eigenvalue weighted by molar-refractivity contribution is 5.69. The summed E-state index contributed by atoms with van der Waals surface area (Å²) in [5.74, 6) is -0.315. The van der Waals surface area contributed by atoms with E-state index >= 15 is 0 Å². The maximum Gasteiger partial charge on any atom is 0.306 e. The Morgan fingerprint density at radius 3 is 1.53 bits per heavy atom. The lowest BCUT2D eigenvalue weighted by atomic mass is 9.99. The molecule has 53 heavy (non-hydrogen) atoms. The number of unbranched alkanes of at least 4 members (excludes halogenated alkanes) is 25. The second-order valence-electron chi connectivity index (χ2n) is 15.5. The third kappa shape index (κ3) is 28.1. The Bertz CT molecular complexity index is 823. The molecule has 1 saturated heterocycles. The number of rotatable bonds is 38. The molecule has 0 aromatic carbocycles. The molecule has 1 aliphatic heterocycles. The second-order valence-corrected chi connectivity index (χ2v) is 15.5. The number of hydrogen-bond acceptors (Lipinski definition) is 9. The highest BCUT2D eigenvalue weighted by atomic mass is 16.7. The molecule has 6 atom stereocenters. The van der Waals surface area contributed by atoms with Crippen LogP contribution in [0.25, 0.3) is 0 Å². The highest BCUT2D eigenvalue weighted by Gasteiger charge is 2.44. The summed E-state index contributed by atoms with van der Waals surface area (Å²) in [6, 6.07) is 0. The number of aliphatic hydroxyl groups is 4. The van der Waals surface area contributed by atoms with E-state index in [1.807, 2.05) is 0 Å². The van der Waals surface area contributed by atoms with Gasteiger partial charge in [-0.05, 0) is 38.5 Å². The third-order valence-corrected chi connectivity index (χ3v) is 10.4. The van der Waals surface area contributed by atoms with E-state index in [-0.39, 0.29) is 19.2 Å². The van der Waals surface area contributed by atoms with Gasteiger partial charge < -0.3 is 39.4 Å². The first kappa shape index (κ1) is 49.9. The summed E-state index contributed by atoms with van der Waals surface area (Å²) in [5, 5.41) is 40.1. The number of ether oxygens (including phenoxy) is 4. The van der Waals surface area contributed by atoms with Crippen LogP contribution < -0.4 is 0 Å². The zero-order chi connectivity index (χ0) is 38.6. The minimum Gasteiger partial charge on any atom is -0.457 e. The van der Waals surface area contributed by atoms with Gasteiger partial charge in [-0.15, -0.1) is 0 Å². The van der Waals surface area contributed by atoms with Crippen molar-refractivity contribution in [3.8, 4) is 0 Å². The van der Waals surface area contributed by atoms with Crippen LogP contribution in [-0.4, -0.2) is 89.6 Å². The van der Waals surface area contributed by atoms with Crippen LogP contribution >= 0.6 is 0 Å². The molecule has 314 valence electrons. The Kier molecular flexibility index (Phi) is 34.5. The van der Waals surface area contributed by atoms with Crippen LogP contribution in [0.4, 0.5) is 0 Å². The molecule has 0 spiro atoms. The molecule has 6 unspecified atom stereocenters. The molecular formula is C44H84O9. The van der Waals surface area contributed by atoms with E-state index < -0.39 is 43.4 Å². The lowest BCUT2D eigenvalue weighted by Crippen LogP contribution is -2.59. The molecule has 0 saturated carbocycles. The van der Waals surface area contributed by atoms with Crippen LogP contribution in [0.1, 0.15) is 200 Å². The van der Waals surface area contributed by atoms with Crippen LogP contribution in [0.2, 0.25) is 0 Å². The van der Waals surface area contributed by atoms with Gasteiger partial charge in [-0.1, -0.05) is 167 Å². The summed E-state index contributed by atoms with van der Waals surface area (Å²) in [7, 11) is 0. The molecule has 0 aliphatic carbocycles. The van der Waals surface area contributed by atoms with E-state index in [4.69, 9.17) is 18.9 Å². The van der Waals surface area contributed by atoms with Gasteiger partial charge in [0.25, 0.3) is 0 Å². The number of hydrogen-bond donors (Lipinski definition) is 4. The first-order valence-corrected chi connectivity index (χ1v) is 22.3. The number of esters is 1. The Balaban J connectivity index is 2.26. The summed E-state index contributed by atoms with van der Waals surface area (Å²) in [5.41, 5.74) is 0. The molecule has 0 bridgehead atoms. The van der Waals surface area contributed by atoms with Crippen molar-refractivity contribution in [3.63, 3.8) is 0 Å². The summed E-state index contributed by atoms with van der Waals surface area (Å²) < 4.78 is 22.8. The smallest absolute Gasteiger partial charge is 0.306 e. The fraction of sp³-hybridized carbons (Fsp3) is 0.932. The average Bonchev–Trinajstić information content (AvgIpc) is 3.16. The van der Waals surface area contributed by atoms with Crippen molar-refractivity contribution in [1.29, 1.82) is 0 Å². The monoisotopic (exact) mass is 757 g/mol. The third-order valence-electron chi connectivity index (χ3n) is 10.4. The first-order chi connectivity index (χ1) is 25.9. The number of allylic oxidation sites excluding steroid dienone is 2. The van der Waals surface area contributed by atoms with Gasteiger partial charge in [0.2, 0.25) is 0 Å². The van der Waals surface area contributed by atoms with Gasteiger partial charge in [0.1, 0.15) is 30.5 Å². The minimum atomic E-state index is -1.53. The molecule has 9 heteroatoms. The average molecular weight is 757 g/mol. The second kappa shape index (κ2) is 36.6. The number of carbonyl (C=O) groups excluding carboxylic acids is 1. The Labute approximate surface area is 325 Å². The zero-order valence-electron chi connectivity index (χ0n) is 34.3. The van der Waals surface area contributed by atoms with Crippen molar-refractivity contribution in [2.75, 3.05) is 26.4 Å². The molecule has 1 fully saturated rings. The van der Waals surface area contributed by atoms with E-state index in [0.29, 0.717) is 13.0 Å². The largest absolute Gasteiger partial charge is 0.457 e. The zero-order valence-corrected chi connectivity index (χ0v) is 34.3. The molecule has 0 aromatic heterocycles. The van der Waals surface area contributed by atoms with Gasteiger partial charge in [-0.3, -0.25) is 4.79 Å². The lowest BCUT2D eigenvalue weighted by Gasteiger charge is -2.39. The van der Waals surface area contributed by atoms with E-state index in [0.717, 1.165) is 32.1 Å². The van der Waals surface area contributed by atoms with Gasteiger partial charge in [0.05, 0.1) is 19.8 Å². The molecule has 1 aliphatic rings. The van der Waals surface area contributed by atoms with E-state index in [9.17, 15) is 25.2 Å². The number of carbonyl (C=O) groups is 1. The summed E-state index contributed by atoms with van der Waals surface area (Å²) in [4.78, 5) is 12.8. The van der Waals surface area contributed by atoms with Gasteiger partial charge in [0, 0.05) is 13.0 Å². The van der Waals surface area contributed by atoms with E-state index in [2.05, 4.69) is 26.0 Å². The molecular weight excluding hydrogens is 672 g/mol. The van der Waals surface area contributed by atoms with Crippen molar-refractivity contribution in [1.82, 2.24) is 0 Å². The van der Waals surface area contributed by atoms with E-state index in [1.54, 1.807) is 0 Å². The molecule has 4 N–H and O–H groups in total. The fourth-order valence-corrected chi connectivity index (χ4v) is 6.90. The quantitative estimate of drug-likeness (QED) is 0.0276. The van der Waals surface area contributed by atoms with Crippen LogP contribution in [0, 0.1) is 0 Å². The first-order valence-electron chi connectivity index (χ1n) is 22.3. The predicted octanol–water partition coefficient (Wildman–Crippen LogP) is 9.64. The lowest BCUT2D eigenvalue weighted by molar-refractivity contribution is -0.305.